The van der Waals surface area contributed by atoms with Crippen molar-refractivity contribution in [3.63, 3.8) is 0 Å². The summed E-state index contributed by atoms with van der Waals surface area (Å²) in [5.74, 6) is 0. The third-order valence-corrected chi connectivity index (χ3v) is 2.30. The number of thiocarbonyl (C=S) groups is 1. The van der Waals surface area contributed by atoms with E-state index in [1.54, 1.807) is 13.1 Å². The van der Waals surface area contributed by atoms with Gasteiger partial charge in [-0.1, -0.05) is 38.7 Å². The summed E-state index contributed by atoms with van der Waals surface area (Å²) in [7, 11) is 1.86. The largest absolute Gasteiger partial charge is 0.403 e. The van der Waals surface area contributed by atoms with Gasteiger partial charge in [0, 0.05) is 19.4 Å². The summed E-state index contributed by atoms with van der Waals surface area (Å²) in [5.41, 5.74) is 6.88. The van der Waals surface area contributed by atoms with Crippen LogP contribution in [0.3, 0.4) is 0 Å². The molecule has 0 spiro atoms. The lowest BCUT2D eigenvalue weighted by Gasteiger charge is -1.95. The molecule has 1 rings (SSSR count). The molecular weight excluding hydrogens is 254 g/mol. The zero-order valence-corrected chi connectivity index (χ0v) is 13.4. The van der Waals surface area contributed by atoms with Gasteiger partial charge in [0.05, 0.1) is 4.99 Å². The molecule has 0 aliphatic carbocycles. The van der Waals surface area contributed by atoms with Crippen LogP contribution < -0.4 is 11.1 Å². The molecule has 0 aliphatic rings. The second kappa shape index (κ2) is 14.6. The van der Waals surface area contributed by atoms with Crippen LogP contribution in [0.15, 0.2) is 36.8 Å². The van der Waals surface area contributed by atoms with E-state index in [0.29, 0.717) is 5.70 Å². The van der Waals surface area contributed by atoms with Crippen molar-refractivity contribution in [2.45, 2.75) is 40.0 Å². The summed E-state index contributed by atoms with van der Waals surface area (Å²) in [5, 5.41) is 2.90. The molecule has 3 nitrogen and oxygen atoms in total. The smallest absolute Gasteiger partial charge is 0.0750 e. The number of hydrogen-bond donors (Lipinski definition) is 2. The average molecular weight is 281 g/mol. The summed E-state index contributed by atoms with van der Waals surface area (Å²) in [4.78, 5) is 4.92. The van der Waals surface area contributed by atoms with Gasteiger partial charge in [0.25, 0.3) is 0 Å². The van der Waals surface area contributed by atoms with Crippen LogP contribution in [-0.4, -0.2) is 17.0 Å². The first-order valence-corrected chi connectivity index (χ1v) is 6.89. The average Bonchev–Trinajstić information content (AvgIpc) is 2.40. The van der Waals surface area contributed by atoms with Crippen molar-refractivity contribution in [2.24, 2.45) is 5.73 Å². The Morgan fingerprint density at radius 3 is 2.26 bits per heavy atom. The van der Waals surface area contributed by atoms with Crippen LogP contribution in [0.1, 0.15) is 39.2 Å². The lowest BCUT2D eigenvalue weighted by Crippen LogP contribution is -2.13. The minimum atomic E-state index is 0.667. The number of nitrogens with zero attached hydrogens (tertiary/aromatic N) is 1. The monoisotopic (exact) mass is 281 g/mol. The lowest BCUT2D eigenvalue weighted by molar-refractivity contribution is 0.966. The molecule has 0 radical (unpaired) electrons. The van der Waals surface area contributed by atoms with Crippen molar-refractivity contribution < 1.29 is 0 Å². The van der Waals surface area contributed by atoms with Gasteiger partial charge in [-0.25, -0.2) is 0 Å². The molecule has 4 heteroatoms. The Hall–Kier alpha value is -1.42. The Bertz CT molecular complexity index is 333. The van der Waals surface area contributed by atoms with E-state index in [-0.39, 0.29) is 0 Å². The quantitative estimate of drug-likeness (QED) is 0.833. The van der Waals surface area contributed by atoms with E-state index in [4.69, 9.17) is 18.0 Å². The van der Waals surface area contributed by atoms with Crippen LogP contribution in [0.25, 0.3) is 0 Å². The van der Waals surface area contributed by atoms with Gasteiger partial charge in [0.15, 0.2) is 0 Å². The fourth-order valence-corrected chi connectivity index (χ4v) is 1.16. The number of allylic oxidation sites excluding steroid dienone is 1. The highest BCUT2D eigenvalue weighted by Gasteiger charge is 1.84. The molecule has 0 amide bonds. The van der Waals surface area contributed by atoms with Gasteiger partial charge < -0.3 is 11.1 Å². The van der Waals surface area contributed by atoms with Crippen LogP contribution in [0.2, 0.25) is 0 Å². The molecule has 0 fully saturated rings. The highest BCUT2D eigenvalue weighted by molar-refractivity contribution is 7.80. The highest BCUT2D eigenvalue weighted by atomic mass is 32.1. The SMILES string of the molecule is C=C(C)N.CCCC(=S)NC.CCc1cccnc1. The standard InChI is InChI=1S/C7H9N.C5H11NS.C3H7N/c1-2-7-4-3-5-8-6-7;1-3-4-5(7)6-2;1-3(2)4/h3-6H,2H2,1H3;3-4H2,1-2H3,(H,6,7);1,4H2,2H3. The number of nitrogens with one attached hydrogen (secondary N) is 1. The second-order valence-corrected chi connectivity index (χ2v) is 4.48. The summed E-state index contributed by atoms with van der Waals surface area (Å²) in [6, 6.07) is 4.03. The summed E-state index contributed by atoms with van der Waals surface area (Å²) >= 11 is 4.84. The van der Waals surface area contributed by atoms with Crippen LogP contribution in [0, 0.1) is 0 Å². The Kier molecular flexibility index (Phi) is 15.3. The van der Waals surface area contributed by atoms with Crippen molar-refractivity contribution in [3.05, 3.63) is 42.4 Å². The number of hydrogen-bond acceptors (Lipinski definition) is 3. The number of nitrogens with two attached hydrogens (primary N) is 1. The topological polar surface area (TPSA) is 50.9 Å². The van der Waals surface area contributed by atoms with Gasteiger partial charge in [0.2, 0.25) is 0 Å². The zero-order chi connectivity index (χ0) is 15.1. The van der Waals surface area contributed by atoms with Gasteiger partial charge in [0.1, 0.15) is 0 Å². The number of aryl methyl sites for hydroxylation is 1. The Morgan fingerprint density at radius 1 is 1.47 bits per heavy atom. The molecule has 1 aromatic rings. The third-order valence-electron chi connectivity index (χ3n) is 1.89. The van der Waals surface area contributed by atoms with E-state index in [1.807, 2.05) is 19.3 Å². The number of pyridine rings is 1. The number of rotatable bonds is 3. The Labute approximate surface area is 123 Å². The van der Waals surface area contributed by atoms with Gasteiger partial charge in [-0.05, 0) is 43.5 Å². The van der Waals surface area contributed by atoms with Crippen LogP contribution in [0.4, 0.5) is 0 Å². The first kappa shape index (κ1) is 19.9. The first-order chi connectivity index (χ1) is 8.97. The maximum Gasteiger partial charge on any atom is 0.0750 e. The first-order valence-electron chi connectivity index (χ1n) is 6.48. The maximum absolute atomic E-state index is 4.92. The van der Waals surface area contributed by atoms with Gasteiger partial charge in [-0.15, -0.1) is 0 Å². The second-order valence-electron chi connectivity index (χ2n) is 3.98. The van der Waals surface area contributed by atoms with Gasteiger partial charge in [-0.2, -0.15) is 0 Å². The summed E-state index contributed by atoms with van der Waals surface area (Å²) in [6.07, 6.45) is 6.92. The molecule has 0 aliphatic heterocycles. The van der Waals surface area contributed by atoms with Crippen molar-refractivity contribution >= 4 is 17.2 Å². The molecule has 108 valence electrons. The van der Waals surface area contributed by atoms with Crippen molar-refractivity contribution in [2.75, 3.05) is 7.05 Å². The van der Waals surface area contributed by atoms with Crippen LogP contribution in [-0.2, 0) is 6.42 Å². The molecule has 0 saturated heterocycles. The molecular formula is C15H27N3S. The normalized spacial score (nSPS) is 8.21. The van der Waals surface area contributed by atoms with E-state index in [1.165, 1.54) is 5.56 Å². The minimum Gasteiger partial charge on any atom is -0.403 e. The fourth-order valence-electron chi connectivity index (χ4n) is 0.959. The van der Waals surface area contributed by atoms with Crippen molar-refractivity contribution in [3.8, 4) is 0 Å². The lowest BCUT2D eigenvalue weighted by atomic mass is 10.2. The van der Waals surface area contributed by atoms with Crippen molar-refractivity contribution in [1.82, 2.24) is 10.3 Å². The summed E-state index contributed by atoms with van der Waals surface area (Å²) < 4.78 is 0. The molecule has 19 heavy (non-hydrogen) atoms. The molecule has 0 atom stereocenters. The predicted octanol–water partition coefficient (Wildman–Crippen LogP) is 3.46. The van der Waals surface area contributed by atoms with E-state index in [9.17, 15) is 0 Å². The minimum absolute atomic E-state index is 0.667. The molecule has 0 bridgehead atoms. The molecule has 1 heterocycles. The highest BCUT2D eigenvalue weighted by Crippen LogP contribution is 1.93. The van der Waals surface area contributed by atoms with Crippen LogP contribution in [0.5, 0.6) is 0 Å². The van der Waals surface area contributed by atoms with E-state index >= 15 is 0 Å². The van der Waals surface area contributed by atoms with Crippen LogP contribution >= 0.6 is 12.2 Å². The zero-order valence-electron chi connectivity index (χ0n) is 12.6. The molecule has 3 N–H and O–H groups in total. The van der Waals surface area contributed by atoms with Crippen molar-refractivity contribution in [1.29, 1.82) is 0 Å². The predicted molar refractivity (Wildman–Crippen MR) is 89.2 cm³/mol. The molecule has 1 aromatic heterocycles. The van der Waals surface area contributed by atoms with Gasteiger partial charge >= 0.3 is 0 Å². The van der Waals surface area contributed by atoms with E-state index in [2.05, 4.69) is 36.8 Å². The summed E-state index contributed by atoms with van der Waals surface area (Å²) in [6.45, 7) is 9.32. The number of aromatic nitrogens is 1. The molecule has 0 saturated carbocycles. The third kappa shape index (κ3) is 19.1. The molecule has 0 unspecified atom stereocenters. The molecule has 0 aromatic carbocycles. The van der Waals surface area contributed by atoms with E-state index in [0.717, 1.165) is 24.3 Å². The van der Waals surface area contributed by atoms with Gasteiger partial charge in [-0.3, -0.25) is 4.98 Å². The van der Waals surface area contributed by atoms with E-state index < -0.39 is 0 Å². The fraction of sp³-hybridized carbons (Fsp3) is 0.467. The Balaban J connectivity index is 0. The Morgan fingerprint density at radius 2 is 2.05 bits per heavy atom. The maximum atomic E-state index is 4.92.